The van der Waals surface area contributed by atoms with Crippen molar-refractivity contribution in [2.24, 2.45) is 10.8 Å². The molecule has 0 aromatic carbocycles. The molecule has 3 aliphatic carbocycles. The number of ether oxygens (including phenoxy) is 1. The summed E-state index contributed by atoms with van der Waals surface area (Å²) in [5, 5.41) is 4.12. The summed E-state index contributed by atoms with van der Waals surface area (Å²) in [5.74, 6) is 0. The van der Waals surface area contributed by atoms with Crippen LogP contribution in [0.3, 0.4) is 0 Å². The highest BCUT2D eigenvalue weighted by Gasteiger charge is 2.47. The van der Waals surface area contributed by atoms with Gasteiger partial charge in [-0.25, -0.2) is 4.79 Å². The van der Waals surface area contributed by atoms with E-state index in [0.29, 0.717) is 10.8 Å². The Morgan fingerprint density at radius 3 is 2.00 bits per heavy atom. The Bertz CT molecular complexity index is 324. The maximum absolute atomic E-state index is 11.8. The first-order valence-corrected chi connectivity index (χ1v) is 8.43. The summed E-state index contributed by atoms with van der Waals surface area (Å²) in [7, 11) is 0. The van der Waals surface area contributed by atoms with Crippen LogP contribution in [0.15, 0.2) is 0 Å². The molecule has 0 unspecified atom stereocenters. The lowest BCUT2D eigenvalue weighted by Gasteiger charge is -2.53. The smallest absolute Gasteiger partial charge is 0.407 e. The molecule has 19 heavy (non-hydrogen) atoms. The average Bonchev–Trinajstić information content (AvgIpc) is 2.37. The quantitative estimate of drug-likeness (QED) is 0.785. The van der Waals surface area contributed by atoms with Crippen molar-refractivity contribution in [1.29, 1.82) is 0 Å². The Morgan fingerprint density at radius 2 is 1.58 bits per heavy atom. The van der Waals surface area contributed by atoms with Gasteiger partial charge in [-0.05, 0) is 70.1 Å². The fourth-order valence-corrected chi connectivity index (χ4v) is 4.22. The number of alkyl halides is 1. The Balaban J connectivity index is 1.83. The molecule has 0 aromatic rings. The number of fused-ring (bicyclic) bond motifs is 3. The van der Waals surface area contributed by atoms with Crippen LogP contribution in [0.4, 0.5) is 4.79 Å². The molecule has 3 saturated carbocycles. The van der Waals surface area contributed by atoms with Gasteiger partial charge in [0.15, 0.2) is 0 Å². The van der Waals surface area contributed by atoms with Crippen molar-refractivity contribution in [3.8, 4) is 0 Å². The van der Waals surface area contributed by atoms with Gasteiger partial charge in [-0.15, -0.1) is 0 Å². The lowest BCUT2D eigenvalue weighted by molar-refractivity contribution is 0.00280. The Hall–Kier alpha value is -0.250. The molecule has 3 nitrogen and oxygen atoms in total. The Kier molecular flexibility index (Phi) is 4.20. The molecule has 3 fully saturated rings. The van der Waals surface area contributed by atoms with Crippen LogP contribution >= 0.6 is 15.9 Å². The van der Waals surface area contributed by atoms with E-state index in [9.17, 15) is 4.79 Å². The van der Waals surface area contributed by atoms with E-state index in [1.807, 2.05) is 20.8 Å². The van der Waals surface area contributed by atoms with Crippen LogP contribution in [-0.2, 0) is 4.74 Å². The van der Waals surface area contributed by atoms with Gasteiger partial charge in [0, 0.05) is 11.9 Å². The molecule has 3 aliphatic rings. The lowest BCUT2D eigenvalue weighted by Crippen LogP contribution is -2.48. The van der Waals surface area contributed by atoms with Gasteiger partial charge in [-0.1, -0.05) is 15.9 Å². The van der Waals surface area contributed by atoms with Gasteiger partial charge in [0.05, 0.1) is 0 Å². The van der Waals surface area contributed by atoms with E-state index < -0.39 is 5.60 Å². The number of amides is 1. The van der Waals surface area contributed by atoms with E-state index in [1.54, 1.807) is 0 Å². The highest BCUT2D eigenvalue weighted by atomic mass is 79.9. The minimum atomic E-state index is -0.411. The van der Waals surface area contributed by atoms with Gasteiger partial charge >= 0.3 is 6.09 Å². The minimum Gasteiger partial charge on any atom is -0.444 e. The predicted molar refractivity (Wildman–Crippen MR) is 80.6 cm³/mol. The third kappa shape index (κ3) is 3.65. The molecule has 0 radical (unpaired) electrons. The number of hydrogen-bond acceptors (Lipinski definition) is 2. The third-order valence-corrected chi connectivity index (χ3v) is 6.04. The first-order valence-electron chi connectivity index (χ1n) is 7.31. The van der Waals surface area contributed by atoms with E-state index in [4.69, 9.17) is 4.74 Å². The monoisotopic (exact) mass is 331 g/mol. The zero-order chi connectivity index (χ0) is 14.1. The molecule has 1 amide bonds. The molecular formula is C15H26BrNO2. The molecule has 0 saturated heterocycles. The molecule has 2 bridgehead atoms. The van der Waals surface area contributed by atoms with Gasteiger partial charge in [0.1, 0.15) is 5.60 Å². The maximum atomic E-state index is 11.8. The van der Waals surface area contributed by atoms with Crippen LogP contribution in [-0.4, -0.2) is 23.6 Å². The summed E-state index contributed by atoms with van der Waals surface area (Å²) >= 11 is 3.68. The van der Waals surface area contributed by atoms with Crippen molar-refractivity contribution in [2.45, 2.75) is 64.9 Å². The SMILES string of the molecule is CC(C)(C)OC(=O)NCC12CCC(CBr)(CC1)CC2. The molecular weight excluding hydrogens is 306 g/mol. The summed E-state index contributed by atoms with van der Waals surface area (Å²) in [6.45, 7) is 6.48. The standard InChI is InChI=1S/C15H26BrNO2/c1-13(2,3)19-12(18)17-11-15-7-4-14(10-16,5-8-15)6-9-15/h4-11H2,1-3H3,(H,17,18). The van der Waals surface area contributed by atoms with Crippen molar-refractivity contribution in [1.82, 2.24) is 5.32 Å². The maximum Gasteiger partial charge on any atom is 0.407 e. The van der Waals surface area contributed by atoms with Crippen LogP contribution in [0.25, 0.3) is 0 Å². The summed E-state index contributed by atoms with van der Waals surface area (Å²) in [5.41, 5.74) is 0.473. The van der Waals surface area contributed by atoms with E-state index in [2.05, 4.69) is 21.2 Å². The van der Waals surface area contributed by atoms with E-state index in [0.717, 1.165) is 11.9 Å². The highest BCUT2D eigenvalue weighted by Crippen LogP contribution is 2.57. The van der Waals surface area contributed by atoms with Crippen molar-refractivity contribution in [3.05, 3.63) is 0 Å². The Labute approximate surface area is 125 Å². The van der Waals surface area contributed by atoms with Gasteiger partial charge < -0.3 is 10.1 Å². The second kappa shape index (κ2) is 5.27. The van der Waals surface area contributed by atoms with E-state index >= 15 is 0 Å². The molecule has 1 N–H and O–H groups in total. The van der Waals surface area contributed by atoms with Crippen molar-refractivity contribution >= 4 is 22.0 Å². The first-order chi connectivity index (χ1) is 8.78. The average molecular weight is 332 g/mol. The van der Waals surface area contributed by atoms with E-state index in [1.165, 1.54) is 38.5 Å². The summed E-state index contributed by atoms with van der Waals surface area (Å²) < 4.78 is 5.31. The second-order valence-electron chi connectivity index (χ2n) is 7.49. The van der Waals surface area contributed by atoms with Gasteiger partial charge in [0.2, 0.25) is 0 Å². The number of hydrogen-bond donors (Lipinski definition) is 1. The summed E-state index contributed by atoms with van der Waals surface area (Å²) in [6.07, 6.45) is 7.36. The third-order valence-electron chi connectivity index (χ3n) is 4.85. The predicted octanol–water partition coefficient (Wildman–Crippen LogP) is 4.25. The van der Waals surface area contributed by atoms with Crippen molar-refractivity contribution < 1.29 is 9.53 Å². The van der Waals surface area contributed by atoms with Crippen LogP contribution in [0.2, 0.25) is 0 Å². The fraction of sp³-hybridized carbons (Fsp3) is 0.933. The molecule has 0 spiro atoms. The van der Waals surface area contributed by atoms with Crippen molar-refractivity contribution in [2.75, 3.05) is 11.9 Å². The number of alkyl carbamates (subject to hydrolysis) is 1. The molecule has 3 rings (SSSR count). The largest absolute Gasteiger partial charge is 0.444 e. The van der Waals surface area contributed by atoms with Gasteiger partial charge in [-0.3, -0.25) is 0 Å². The van der Waals surface area contributed by atoms with Crippen molar-refractivity contribution in [3.63, 3.8) is 0 Å². The van der Waals surface area contributed by atoms with Gasteiger partial charge in [0.25, 0.3) is 0 Å². The molecule has 0 aliphatic heterocycles. The topological polar surface area (TPSA) is 38.3 Å². The Morgan fingerprint density at radius 1 is 1.11 bits per heavy atom. The minimum absolute atomic E-state index is 0.273. The fourth-order valence-electron chi connectivity index (χ4n) is 3.38. The van der Waals surface area contributed by atoms with Crippen LogP contribution in [0.1, 0.15) is 59.3 Å². The van der Waals surface area contributed by atoms with E-state index in [-0.39, 0.29) is 6.09 Å². The first kappa shape index (κ1) is 15.1. The van der Waals surface area contributed by atoms with Gasteiger partial charge in [-0.2, -0.15) is 0 Å². The molecule has 0 heterocycles. The molecule has 0 aromatic heterocycles. The van der Waals surface area contributed by atoms with Crippen LogP contribution in [0, 0.1) is 10.8 Å². The number of carbonyl (C=O) groups is 1. The number of nitrogens with one attached hydrogen (secondary N) is 1. The second-order valence-corrected chi connectivity index (χ2v) is 8.05. The molecule has 0 atom stereocenters. The van der Waals surface area contributed by atoms with Crippen LogP contribution in [0.5, 0.6) is 0 Å². The molecule has 4 heteroatoms. The zero-order valence-corrected chi connectivity index (χ0v) is 13.9. The number of halogens is 1. The zero-order valence-electron chi connectivity index (χ0n) is 12.4. The molecule has 110 valence electrons. The normalized spacial score (nSPS) is 34.1. The summed E-state index contributed by atoms with van der Waals surface area (Å²) in [6, 6.07) is 0. The number of carbonyl (C=O) groups excluding carboxylic acids is 1. The number of rotatable bonds is 3. The lowest BCUT2D eigenvalue weighted by atomic mass is 9.54. The van der Waals surface area contributed by atoms with Crippen LogP contribution < -0.4 is 5.32 Å². The highest BCUT2D eigenvalue weighted by molar-refractivity contribution is 9.09. The summed E-state index contributed by atoms with van der Waals surface area (Å²) in [4.78, 5) is 11.8.